The summed E-state index contributed by atoms with van der Waals surface area (Å²) in [4.78, 5) is 18.7. The molecule has 0 unspecified atom stereocenters. The van der Waals surface area contributed by atoms with Crippen molar-refractivity contribution in [1.29, 1.82) is 0 Å². The summed E-state index contributed by atoms with van der Waals surface area (Å²) >= 11 is 0. The van der Waals surface area contributed by atoms with Crippen LogP contribution in [0.1, 0.15) is 17.5 Å². The maximum absolute atomic E-state index is 10.9. The van der Waals surface area contributed by atoms with E-state index in [2.05, 4.69) is 9.97 Å². The smallest absolute Gasteiger partial charge is 1.00 e. The summed E-state index contributed by atoms with van der Waals surface area (Å²) in [7, 11) is 1.83. The molecule has 0 amide bonds. The third-order valence-corrected chi connectivity index (χ3v) is 2.15. The Labute approximate surface area is 130 Å². The number of aromatic carboxylic acids is 1. The molecule has 0 radical (unpaired) electrons. The fourth-order valence-corrected chi connectivity index (χ4v) is 1.59. The van der Waals surface area contributed by atoms with Gasteiger partial charge >= 0.3 is 57.4 Å². The zero-order valence-electron chi connectivity index (χ0n) is 9.85. The molecule has 0 aliphatic carbocycles. The molecule has 0 spiro atoms. The Kier molecular flexibility index (Phi) is 4.02. The number of fused-ring (bicyclic) bond motifs is 1. The zero-order chi connectivity index (χ0) is 10.3. The van der Waals surface area contributed by atoms with Gasteiger partial charge in [-0.05, 0) is 12.5 Å². The normalized spacial score (nSPS) is 10.0. The number of nitrogens with zero attached hydrogens (tertiary/aromatic N) is 3. The van der Waals surface area contributed by atoms with Crippen LogP contribution < -0.4 is 51.4 Å². The minimum absolute atomic E-state index is 0. The summed E-state index contributed by atoms with van der Waals surface area (Å²) in [5.74, 6) is -1.02. The number of hydrogen-bond donors (Lipinski definition) is 1. The molecule has 0 aliphatic heterocycles. The van der Waals surface area contributed by atoms with E-state index in [9.17, 15) is 4.79 Å². The molecular weight excluding hydrogens is 221 g/mol. The van der Waals surface area contributed by atoms with Gasteiger partial charge in [-0.25, -0.2) is 14.8 Å². The molecule has 2 aromatic rings. The van der Waals surface area contributed by atoms with Crippen molar-refractivity contribution in [2.45, 2.75) is 6.92 Å². The summed E-state index contributed by atoms with van der Waals surface area (Å²) in [6.45, 7) is 1.85. The molecule has 2 rings (SSSR count). The third-order valence-electron chi connectivity index (χ3n) is 2.15. The predicted octanol–water partition coefficient (Wildman–Crippen LogP) is -1.91. The number of hydrogen-bond acceptors (Lipinski definition) is 3. The SMILES string of the molecule is Cc1cn(C)c2ncnc(C(=O)O)c12.[H-].[K+]. The van der Waals surface area contributed by atoms with Gasteiger partial charge in [-0.1, -0.05) is 0 Å². The average molecular weight is 231 g/mol. The van der Waals surface area contributed by atoms with Crippen molar-refractivity contribution in [3.8, 4) is 0 Å². The molecule has 74 valence electrons. The van der Waals surface area contributed by atoms with Crippen LogP contribution in [-0.4, -0.2) is 25.6 Å². The molecule has 0 fully saturated rings. The van der Waals surface area contributed by atoms with E-state index in [1.54, 1.807) is 4.57 Å². The van der Waals surface area contributed by atoms with Crippen LogP contribution in [0, 0.1) is 6.92 Å². The van der Waals surface area contributed by atoms with Crippen molar-refractivity contribution in [3.63, 3.8) is 0 Å². The van der Waals surface area contributed by atoms with Crippen LogP contribution in [0.4, 0.5) is 0 Å². The second-order valence-corrected chi connectivity index (χ2v) is 3.15. The minimum Gasteiger partial charge on any atom is -1.00 e. The molecule has 1 N–H and O–H groups in total. The summed E-state index contributed by atoms with van der Waals surface area (Å²) in [5.41, 5.74) is 1.59. The minimum atomic E-state index is -1.02. The fourth-order valence-electron chi connectivity index (χ4n) is 1.59. The monoisotopic (exact) mass is 231 g/mol. The maximum atomic E-state index is 10.9. The fraction of sp³-hybridized carbons (Fsp3) is 0.222. The van der Waals surface area contributed by atoms with Gasteiger partial charge in [0, 0.05) is 13.2 Å². The first-order valence-electron chi connectivity index (χ1n) is 4.11. The quantitative estimate of drug-likeness (QED) is 0.582. The molecule has 2 heterocycles. The third kappa shape index (κ3) is 2.14. The van der Waals surface area contributed by atoms with Gasteiger partial charge in [-0.3, -0.25) is 0 Å². The van der Waals surface area contributed by atoms with E-state index >= 15 is 0 Å². The Morgan fingerprint density at radius 2 is 2.20 bits per heavy atom. The van der Waals surface area contributed by atoms with Crippen molar-refractivity contribution < 1.29 is 62.7 Å². The van der Waals surface area contributed by atoms with Gasteiger partial charge in [-0.15, -0.1) is 0 Å². The average Bonchev–Trinajstić information content (AvgIpc) is 2.43. The zero-order valence-corrected chi connectivity index (χ0v) is 12.0. The van der Waals surface area contributed by atoms with E-state index in [0.717, 1.165) is 5.56 Å². The van der Waals surface area contributed by atoms with E-state index in [0.29, 0.717) is 11.0 Å². The van der Waals surface area contributed by atoms with Gasteiger partial charge in [0.05, 0.1) is 5.39 Å². The molecule has 0 aliphatic rings. The van der Waals surface area contributed by atoms with Gasteiger partial charge in [-0.2, -0.15) is 0 Å². The molecule has 0 aromatic carbocycles. The largest absolute Gasteiger partial charge is 1.00 e. The number of carbonyl (C=O) groups is 1. The van der Waals surface area contributed by atoms with Crippen molar-refractivity contribution in [3.05, 3.63) is 23.8 Å². The first-order valence-corrected chi connectivity index (χ1v) is 4.11. The van der Waals surface area contributed by atoms with Gasteiger partial charge in [0.2, 0.25) is 0 Å². The van der Waals surface area contributed by atoms with E-state index < -0.39 is 5.97 Å². The number of aryl methyl sites for hydroxylation is 2. The topological polar surface area (TPSA) is 68.0 Å². The van der Waals surface area contributed by atoms with Gasteiger partial charge in [0.1, 0.15) is 12.0 Å². The molecule has 6 heteroatoms. The molecule has 2 aromatic heterocycles. The van der Waals surface area contributed by atoms with Gasteiger partial charge in [0.25, 0.3) is 0 Å². The second-order valence-electron chi connectivity index (χ2n) is 3.15. The van der Waals surface area contributed by atoms with Crippen molar-refractivity contribution in [1.82, 2.24) is 14.5 Å². The molecule has 0 saturated heterocycles. The van der Waals surface area contributed by atoms with Crippen molar-refractivity contribution in [2.75, 3.05) is 0 Å². The maximum Gasteiger partial charge on any atom is 1.00 e. The van der Waals surface area contributed by atoms with E-state index in [1.807, 2.05) is 20.2 Å². The van der Waals surface area contributed by atoms with Crippen LogP contribution in [0.15, 0.2) is 12.5 Å². The molecule has 0 saturated carbocycles. The van der Waals surface area contributed by atoms with Gasteiger partial charge < -0.3 is 11.1 Å². The van der Waals surface area contributed by atoms with Crippen LogP contribution >= 0.6 is 0 Å². The molecule has 5 nitrogen and oxygen atoms in total. The Balaban J connectivity index is 0.00000112. The molecule has 0 bridgehead atoms. The number of carboxylic acid groups (broad SMARTS) is 1. The van der Waals surface area contributed by atoms with Crippen LogP contribution in [0.5, 0.6) is 0 Å². The van der Waals surface area contributed by atoms with Crippen LogP contribution in [0.2, 0.25) is 0 Å². The summed E-state index contributed by atoms with van der Waals surface area (Å²) < 4.78 is 1.79. The predicted molar refractivity (Wildman–Crippen MR) is 51.3 cm³/mol. The van der Waals surface area contributed by atoms with Crippen LogP contribution in [-0.2, 0) is 7.05 Å². The summed E-state index contributed by atoms with van der Waals surface area (Å²) in [6.07, 6.45) is 3.11. The van der Waals surface area contributed by atoms with E-state index in [1.165, 1.54) is 6.33 Å². The second kappa shape index (κ2) is 4.71. The first-order chi connectivity index (χ1) is 6.61. The number of rotatable bonds is 1. The Bertz CT molecular complexity index is 527. The number of aromatic nitrogens is 3. The standard InChI is InChI=1S/C9H9N3O2.K.H/c1-5-3-12(2)8-6(5)7(9(13)14)10-4-11-8;;/h3-4H,1-2H3,(H,13,14);;/q;+1;-1. The van der Waals surface area contributed by atoms with Crippen LogP contribution in [0.25, 0.3) is 11.0 Å². The Morgan fingerprint density at radius 3 is 2.80 bits per heavy atom. The van der Waals surface area contributed by atoms with Crippen molar-refractivity contribution >= 4 is 17.0 Å². The molecule has 0 atom stereocenters. The molecular formula is C9H10KN3O2. The van der Waals surface area contributed by atoms with E-state index in [4.69, 9.17) is 5.11 Å². The number of carboxylic acids is 1. The summed E-state index contributed by atoms with van der Waals surface area (Å²) in [5, 5.41) is 9.53. The first kappa shape index (κ1) is 12.8. The van der Waals surface area contributed by atoms with Gasteiger partial charge in [0.15, 0.2) is 5.69 Å². The van der Waals surface area contributed by atoms with Crippen LogP contribution in [0.3, 0.4) is 0 Å². The Hall–Kier alpha value is -0.274. The summed E-state index contributed by atoms with van der Waals surface area (Å²) in [6, 6.07) is 0. The van der Waals surface area contributed by atoms with E-state index in [-0.39, 0.29) is 58.5 Å². The van der Waals surface area contributed by atoms with Crippen molar-refractivity contribution in [2.24, 2.45) is 7.05 Å². The molecule has 15 heavy (non-hydrogen) atoms. The Morgan fingerprint density at radius 1 is 1.53 bits per heavy atom.